The molecule has 3 rings (SSSR count). The van der Waals surface area contributed by atoms with Crippen LogP contribution in [0.2, 0.25) is 0 Å². The Bertz CT molecular complexity index is 1030. The van der Waals surface area contributed by atoms with Crippen LogP contribution in [-0.4, -0.2) is 23.9 Å². The summed E-state index contributed by atoms with van der Waals surface area (Å²) in [6.45, 7) is 4.38. The summed E-state index contributed by atoms with van der Waals surface area (Å²) in [5, 5.41) is 12.4. The molecule has 0 aliphatic carbocycles. The van der Waals surface area contributed by atoms with Gasteiger partial charge in [0.2, 0.25) is 6.61 Å². The molecule has 160 valence electrons. The maximum Gasteiger partial charge on any atom is 0.344 e. The van der Waals surface area contributed by atoms with Gasteiger partial charge in [-0.25, -0.2) is 4.79 Å². The predicted molar refractivity (Wildman–Crippen MR) is 119 cm³/mol. The number of ether oxygens (including phenoxy) is 2. The minimum absolute atomic E-state index is 0.374. The lowest BCUT2D eigenvalue weighted by atomic mass is 10.1. The first-order valence-electron chi connectivity index (χ1n) is 9.87. The van der Waals surface area contributed by atoms with Gasteiger partial charge in [-0.15, -0.1) is 0 Å². The van der Waals surface area contributed by atoms with Crippen LogP contribution < -0.4 is 9.47 Å². The number of hydrogen-bond donors (Lipinski definition) is 1. The molecule has 0 atom stereocenters. The van der Waals surface area contributed by atoms with E-state index in [4.69, 9.17) is 19.4 Å². The van der Waals surface area contributed by atoms with Gasteiger partial charge in [-0.2, -0.15) is 0 Å². The van der Waals surface area contributed by atoms with Crippen molar-refractivity contribution >= 4 is 12.2 Å². The molecule has 31 heavy (non-hydrogen) atoms. The van der Waals surface area contributed by atoms with Crippen molar-refractivity contribution in [2.24, 2.45) is 5.16 Å². The monoisotopic (exact) mass is 419 g/mol. The Hall–Kier alpha value is -3.80. The van der Waals surface area contributed by atoms with Crippen molar-refractivity contribution in [1.29, 1.82) is 0 Å². The molecule has 6 nitrogen and oxygen atoms in total. The predicted octanol–water partition coefficient (Wildman–Crippen LogP) is 4.90. The van der Waals surface area contributed by atoms with Crippen LogP contribution in [0.5, 0.6) is 11.5 Å². The van der Waals surface area contributed by atoms with Crippen LogP contribution in [0, 0.1) is 13.8 Å². The molecule has 6 heteroatoms. The van der Waals surface area contributed by atoms with Gasteiger partial charge in [0.1, 0.15) is 24.7 Å². The van der Waals surface area contributed by atoms with E-state index in [9.17, 15) is 4.79 Å². The molecule has 0 unspecified atom stereocenters. The fraction of sp³-hybridized carbons (Fsp3) is 0.200. The summed E-state index contributed by atoms with van der Waals surface area (Å²) in [5.41, 5.74) is 5.13. The summed E-state index contributed by atoms with van der Waals surface area (Å²) in [6.07, 6.45) is 1.43. The van der Waals surface area contributed by atoms with Crippen LogP contribution in [0.4, 0.5) is 0 Å². The Morgan fingerprint density at radius 1 is 0.871 bits per heavy atom. The molecule has 0 aliphatic rings. The number of carboxylic acids is 1. The van der Waals surface area contributed by atoms with Gasteiger partial charge in [0.15, 0.2) is 0 Å². The fourth-order valence-corrected chi connectivity index (χ4v) is 2.72. The van der Waals surface area contributed by atoms with Crippen LogP contribution >= 0.6 is 0 Å². The van der Waals surface area contributed by atoms with Crippen LogP contribution in [0.3, 0.4) is 0 Å². The van der Waals surface area contributed by atoms with Crippen molar-refractivity contribution in [3.05, 3.63) is 94.5 Å². The maximum absolute atomic E-state index is 10.6. The summed E-state index contributed by atoms with van der Waals surface area (Å²) in [7, 11) is 0. The second kappa shape index (κ2) is 10.8. The largest absolute Gasteiger partial charge is 0.489 e. The zero-order valence-corrected chi connectivity index (χ0v) is 17.6. The SMILES string of the molecule is Cc1ccc(COc2ccc(/C=N/OCC(=O)O)c(OCc3ccc(C)cc3)c2)cc1. The number of hydrogen-bond acceptors (Lipinski definition) is 5. The van der Waals surface area contributed by atoms with Crippen LogP contribution in [0.1, 0.15) is 27.8 Å². The number of nitrogens with zero attached hydrogens (tertiary/aromatic N) is 1. The number of rotatable bonds is 10. The van der Waals surface area contributed by atoms with Crippen molar-refractivity contribution < 1.29 is 24.2 Å². The van der Waals surface area contributed by atoms with E-state index in [0.717, 1.165) is 11.1 Å². The van der Waals surface area contributed by atoms with Crippen LogP contribution in [-0.2, 0) is 22.8 Å². The number of carboxylic acid groups (broad SMARTS) is 1. The molecule has 1 N–H and O–H groups in total. The number of aliphatic carboxylic acids is 1. The molecule has 0 fully saturated rings. The van der Waals surface area contributed by atoms with Gasteiger partial charge in [-0.05, 0) is 37.1 Å². The Kier molecular flexibility index (Phi) is 7.65. The highest BCUT2D eigenvalue weighted by molar-refractivity contribution is 5.83. The highest BCUT2D eigenvalue weighted by Crippen LogP contribution is 2.26. The number of aryl methyl sites for hydroxylation is 2. The molecular weight excluding hydrogens is 394 g/mol. The lowest BCUT2D eigenvalue weighted by molar-refractivity contribution is -0.142. The zero-order chi connectivity index (χ0) is 22.1. The minimum atomic E-state index is -1.09. The second-order valence-corrected chi connectivity index (χ2v) is 7.15. The Morgan fingerprint density at radius 2 is 1.45 bits per heavy atom. The van der Waals surface area contributed by atoms with E-state index >= 15 is 0 Å². The van der Waals surface area contributed by atoms with Gasteiger partial charge in [-0.1, -0.05) is 64.8 Å². The van der Waals surface area contributed by atoms with Gasteiger partial charge in [0, 0.05) is 11.6 Å². The molecule has 3 aromatic carbocycles. The first-order chi connectivity index (χ1) is 15.0. The van der Waals surface area contributed by atoms with Gasteiger partial charge in [0.05, 0.1) is 6.21 Å². The summed E-state index contributed by atoms with van der Waals surface area (Å²) in [5.74, 6) is 0.126. The first-order valence-corrected chi connectivity index (χ1v) is 9.87. The first kappa shape index (κ1) is 21.9. The number of carbonyl (C=O) groups is 1. The molecule has 0 saturated carbocycles. The lowest BCUT2D eigenvalue weighted by Gasteiger charge is -2.13. The highest BCUT2D eigenvalue weighted by atomic mass is 16.6. The van der Waals surface area contributed by atoms with E-state index in [2.05, 4.69) is 5.16 Å². The average molecular weight is 419 g/mol. The Balaban J connectivity index is 1.72. The van der Waals surface area contributed by atoms with Gasteiger partial charge in [-0.3, -0.25) is 0 Å². The summed E-state index contributed by atoms with van der Waals surface area (Å²) < 4.78 is 11.9. The summed E-state index contributed by atoms with van der Waals surface area (Å²) in [4.78, 5) is 15.3. The van der Waals surface area contributed by atoms with E-state index in [1.165, 1.54) is 17.3 Å². The summed E-state index contributed by atoms with van der Waals surface area (Å²) >= 11 is 0. The van der Waals surface area contributed by atoms with Crippen molar-refractivity contribution in [1.82, 2.24) is 0 Å². The molecule has 0 spiro atoms. The third-order valence-electron chi connectivity index (χ3n) is 4.48. The number of benzene rings is 3. The molecule has 0 saturated heterocycles. The lowest BCUT2D eigenvalue weighted by Crippen LogP contribution is -2.04. The van der Waals surface area contributed by atoms with E-state index in [-0.39, 0.29) is 0 Å². The molecule has 0 radical (unpaired) electrons. The van der Waals surface area contributed by atoms with E-state index in [1.807, 2.05) is 68.4 Å². The topological polar surface area (TPSA) is 77.4 Å². The third kappa shape index (κ3) is 7.19. The second-order valence-electron chi connectivity index (χ2n) is 7.15. The van der Waals surface area contributed by atoms with E-state index in [1.54, 1.807) is 12.1 Å². The fourth-order valence-electron chi connectivity index (χ4n) is 2.72. The van der Waals surface area contributed by atoms with Gasteiger partial charge < -0.3 is 19.4 Å². The van der Waals surface area contributed by atoms with Crippen LogP contribution in [0.15, 0.2) is 71.9 Å². The van der Waals surface area contributed by atoms with E-state index < -0.39 is 12.6 Å². The molecule has 0 heterocycles. The van der Waals surface area contributed by atoms with Gasteiger partial charge in [0.25, 0.3) is 0 Å². The van der Waals surface area contributed by atoms with E-state index in [0.29, 0.717) is 30.3 Å². The third-order valence-corrected chi connectivity index (χ3v) is 4.48. The molecular formula is C25H25NO5. The normalized spacial score (nSPS) is 10.8. The number of oxime groups is 1. The Labute approximate surface area is 181 Å². The quantitative estimate of drug-likeness (QED) is 0.374. The highest BCUT2D eigenvalue weighted by Gasteiger charge is 2.07. The maximum atomic E-state index is 10.6. The smallest absolute Gasteiger partial charge is 0.344 e. The molecule has 0 amide bonds. The van der Waals surface area contributed by atoms with Crippen molar-refractivity contribution in [2.45, 2.75) is 27.1 Å². The standard InChI is InChI=1S/C25H25NO5/c1-18-3-7-20(8-4-18)15-29-23-12-11-22(14-26-31-17-25(27)28)24(13-23)30-16-21-9-5-19(2)6-10-21/h3-14H,15-17H2,1-2H3,(H,27,28)/b26-14+. The van der Waals surface area contributed by atoms with Crippen LogP contribution in [0.25, 0.3) is 0 Å². The van der Waals surface area contributed by atoms with Crippen molar-refractivity contribution in [3.8, 4) is 11.5 Å². The van der Waals surface area contributed by atoms with Crippen molar-refractivity contribution in [2.75, 3.05) is 6.61 Å². The molecule has 3 aromatic rings. The molecule has 0 aliphatic heterocycles. The molecule has 0 bridgehead atoms. The minimum Gasteiger partial charge on any atom is -0.489 e. The Morgan fingerprint density at radius 3 is 2.03 bits per heavy atom. The van der Waals surface area contributed by atoms with Crippen molar-refractivity contribution in [3.63, 3.8) is 0 Å². The zero-order valence-electron chi connectivity index (χ0n) is 17.6. The summed E-state index contributed by atoms with van der Waals surface area (Å²) in [6, 6.07) is 21.6. The van der Waals surface area contributed by atoms with Gasteiger partial charge >= 0.3 is 5.97 Å². The average Bonchev–Trinajstić information content (AvgIpc) is 2.76. The molecule has 0 aromatic heterocycles.